The maximum absolute atomic E-state index is 12.0. The fourth-order valence-electron chi connectivity index (χ4n) is 2.25. The molecule has 0 radical (unpaired) electrons. The number of rotatable bonds is 3. The van der Waals surface area contributed by atoms with Crippen molar-refractivity contribution in [1.29, 1.82) is 0 Å². The van der Waals surface area contributed by atoms with Gasteiger partial charge >= 0.3 is 0 Å². The van der Waals surface area contributed by atoms with Crippen molar-refractivity contribution in [1.82, 2.24) is 4.90 Å². The third-order valence-corrected chi connectivity index (χ3v) is 3.90. The first-order valence-corrected chi connectivity index (χ1v) is 7.22. The molecule has 0 aromatic heterocycles. The first-order chi connectivity index (χ1) is 8.65. The smallest absolute Gasteiger partial charge is 0.222 e. The number of hydrogen-bond acceptors (Lipinski definition) is 2. The molecule has 98 valence electrons. The van der Waals surface area contributed by atoms with Crippen molar-refractivity contribution in [2.45, 2.75) is 31.7 Å². The molecule has 1 aromatic rings. The van der Waals surface area contributed by atoms with E-state index in [1.165, 1.54) is 5.56 Å². The first kappa shape index (κ1) is 13.6. The highest BCUT2D eigenvalue weighted by atomic mass is 79.9. The summed E-state index contributed by atoms with van der Waals surface area (Å²) in [4.78, 5) is 14.0. The average molecular weight is 311 g/mol. The van der Waals surface area contributed by atoms with Gasteiger partial charge in [0.2, 0.25) is 5.91 Å². The van der Waals surface area contributed by atoms with Gasteiger partial charge in [0.25, 0.3) is 0 Å². The Hall–Kier alpha value is -0.870. The summed E-state index contributed by atoms with van der Waals surface area (Å²) in [6, 6.07) is 8.41. The van der Waals surface area contributed by atoms with Gasteiger partial charge in [0.05, 0.1) is 0 Å². The number of aryl methyl sites for hydroxylation is 1. The minimum atomic E-state index is 0.252. The molecule has 1 amide bonds. The van der Waals surface area contributed by atoms with E-state index in [1.54, 1.807) is 0 Å². The molecule has 0 bridgehead atoms. The number of hydrogen-bond donors (Lipinski definition) is 1. The van der Waals surface area contributed by atoms with Gasteiger partial charge in [-0.1, -0.05) is 28.1 Å². The van der Waals surface area contributed by atoms with Crippen LogP contribution in [0, 0.1) is 0 Å². The monoisotopic (exact) mass is 310 g/mol. The largest absolute Gasteiger partial charge is 0.343 e. The van der Waals surface area contributed by atoms with Crippen molar-refractivity contribution < 1.29 is 4.79 Å². The number of carbonyl (C=O) groups excluding carboxylic acids is 1. The molecule has 3 nitrogen and oxygen atoms in total. The van der Waals surface area contributed by atoms with Gasteiger partial charge in [-0.05, 0) is 37.0 Å². The summed E-state index contributed by atoms with van der Waals surface area (Å²) in [5.41, 5.74) is 7.04. The van der Waals surface area contributed by atoms with E-state index < -0.39 is 0 Å². The Kier molecular flexibility index (Phi) is 4.78. The summed E-state index contributed by atoms with van der Waals surface area (Å²) in [6.45, 7) is 1.64. The molecule has 4 heteroatoms. The molecule has 0 unspecified atom stereocenters. The number of nitrogens with zero attached hydrogens (tertiary/aromatic N) is 1. The van der Waals surface area contributed by atoms with E-state index in [-0.39, 0.29) is 11.9 Å². The van der Waals surface area contributed by atoms with Crippen molar-refractivity contribution in [3.05, 3.63) is 34.3 Å². The van der Waals surface area contributed by atoms with Gasteiger partial charge in [-0.2, -0.15) is 0 Å². The summed E-state index contributed by atoms with van der Waals surface area (Å²) in [7, 11) is 0. The maximum atomic E-state index is 12.0. The molecule has 0 aliphatic carbocycles. The Bertz CT molecular complexity index is 414. The van der Waals surface area contributed by atoms with Crippen molar-refractivity contribution in [3.8, 4) is 0 Å². The van der Waals surface area contributed by atoms with Crippen molar-refractivity contribution in [2.75, 3.05) is 13.1 Å². The van der Waals surface area contributed by atoms with Crippen LogP contribution in [0.15, 0.2) is 28.7 Å². The van der Waals surface area contributed by atoms with Crippen LogP contribution < -0.4 is 5.73 Å². The van der Waals surface area contributed by atoms with E-state index >= 15 is 0 Å². The molecular weight excluding hydrogens is 292 g/mol. The standard InChI is InChI=1S/C14H19BrN2O/c15-12-3-1-2-11(10-12)4-5-14(18)17-8-6-13(16)7-9-17/h1-3,10,13H,4-9,16H2. The number of benzene rings is 1. The van der Waals surface area contributed by atoms with Crippen molar-refractivity contribution >= 4 is 21.8 Å². The van der Waals surface area contributed by atoms with Crippen LogP contribution in [0.4, 0.5) is 0 Å². The molecule has 1 saturated heterocycles. The molecule has 1 fully saturated rings. The second-order valence-electron chi connectivity index (χ2n) is 4.85. The lowest BCUT2D eigenvalue weighted by Crippen LogP contribution is -2.42. The normalized spacial score (nSPS) is 16.9. The number of carbonyl (C=O) groups is 1. The van der Waals surface area contributed by atoms with Crippen LogP contribution in [0.5, 0.6) is 0 Å². The SMILES string of the molecule is NC1CCN(C(=O)CCc2cccc(Br)c2)CC1. The molecule has 1 aliphatic heterocycles. The van der Waals surface area contributed by atoms with E-state index in [1.807, 2.05) is 17.0 Å². The van der Waals surface area contributed by atoms with E-state index in [2.05, 4.69) is 28.1 Å². The number of piperidine rings is 1. The molecule has 2 rings (SSSR count). The van der Waals surface area contributed by atoms with Gasteiger partial charge in [-0.15, -0.1) is 0 Å². The quantitative estimate of drug-likeness (QED) is 0.931. The summed E-state index contributed by atoms with van der Waals surface area (Å²) >= 11 is 3.44. The minimum absolute atomic E-state index is 0.252. The fourth-order valence-corrected chi connectivity index (χ4v) is 2.70. The van der Waals surface area contributed by atoms with Gasteiger partial charge in [-0.25, -0.2) is 0 Å². The third-order valence-electron chi connectivity index (χ3n) is 3.41. The molecule has 0 spiro atoms. The van der Waals surface area contributed by atoms with E-state index in [4.69, 9.17) is 5.73 Å². The van der Waals surface area contributed by atoms with Crippen LogP contribution in [0.1, 0.15) is 24.8 Å². The van der Waals surface area contributed by atoms with Gasteiger partial charge < -0.3 is 10.6 Å². The third kappa shape index (κ3) is 3.82. The molecule has 18 heavy (non-hydrogen) atoms. The average Bonchev–Trinajstić information content (AvgIpc) is 2.37. The van der Waals surface area contributed by atoms with Crippen molar-refractivity contribution in [2.24, 2.45) is 5.73 Å². The lowest BCUT2D eigenvalue weighted by molar-refractivity contribution is -0.132. The van der Waals surface area contributed by atoms with E-state index in [0.29, 0.717) is 6.42 Å². The Morgan fingerprint density at radius 2 is 2.11 bits per heavy atom. The number of nitrogens with two attached hydrogens (primary N) is 1. The lowest BCUT2D eigenvalue weighted by atomic mass is 10.0. The first-order valence-electron chi connectivity index (χ1n) is 6.43. The number of likely N-dealkylation sites (tertiary alicyclic amines) is 1. The summed E-state index contributed by atoms with van der Waals surface area (Å²) < 4.78 is 1.07. The highest BCUT2D eigenvalue weighted by Crippen LogP contribution is 2.15. The van der Waals surface area contributed by atoms with E-state index in [9.17, 15) is 4.79 Å². The van der Waals surface area contributed by atoms with Crippen molar-refractivity contribution in [3.63, 3.8) is 0 Å². The zero-order valence-electron chi connectivity index (χ0n) is 10.4. The highest BCUT2D eigenvalue weighted by molar-refractivity contribution is 9.10. The summed E-state index contributed by atoms with van der Waals surface area (Å²) in [6.07, 6.45) is 3.26. The van der Waals surface area contributed by atoms with Crippen LogP contribution in [0.3, 0.4) is 0 Å². The summed E-state index contributed by atoms with van der Waals surface area (Å²) in [5, 5.41) is 0. The molecule has 1 aromatic carbocycles. The van der Waals surface area contributed by atoms with Gasteiger partial charge in [-0.3, -0.25) is 4.79 Å². The van der Waals surface area contributed by atoms with Crippen LogP contribution in [-0.4, -0.2) is 29.9 Å². The topological polar surface area (TPSA) is 46.3 Å². The second kappa shape index (κ2) is 6.34. The molecule has 0 atom stereocenters. The zero-order chi connectivity index (χ0) is 13.0. The Balaban J connectivity index is 1.81. The van der Waals surface area contributed by atoms with Crippen LogP contribution in [0.25, 0.3) is 0 Å². The lowest BCUT2D eigenvalue weighted by Gasteiger charge is -2.30. The highest BCUT2D eigenvalue weighted by Gasteiger charge is 2.19. The number of halogens is 1. The van der Waals surface area contributed by atoms with E-state index in [0.717, 1.165) is 36.8 Å². The minimum Gasteiger partial charge on any atom is -0.343 e. The Labute approximate surface area is 116 Å². The molecule has 1 heterocycles. The van der Waals surface area contributed by atoms with Crippen LogP contribution in [-0.2, 0) is 11.2 Å². The predicted molar refractivity (Wildman–Crippen MR) is 76.3 cm³/mol. The van der Waals surface area contributed by atoms with Gasteiger partial charge in [0.1, 0.15) is 0 Å². The zero-order valence-corrected chi connectivity index (χ0v) is 12.0. The van der Waals surface area contributed by atoms with Gasteiger partial charge in [0.15, 0.2) is 0 Å². The molecule has 1 aliphatic rings. The molecule has 2 N–H and O–H groups in total. The Morgan fingerprint density at radius 3 is 2.78 bits per heavy atom. The maximum Gasteiger partial charge on any atom is 0.222 e. The molecule has 0 saturated carbocycles. The summed E-state index contributed by atoms with van der Waals surface area (Å²) in [5.74, 6) is 0.252. The predicted octanol–water partition coefficient (Wildman–Crippen LogP) is 2.33. The fraction of sp³-hybridized carbons (Fsp3) is 0.500. The second-order valence-corrected chi connectivity index (χ2v) is 5.76. The molecular formula is C14H19BrN2O. The Morgan fingerprint density at radius 1 is 1.39 bits per heavy atom. The van der Waals surface area contributed by atoms with Crippen LogP contribution >= 0.6 is 15.9 Å². The van der Waals surface area contributed by atoms with Crippen LogP contribution in [0.2, 0.25) is 0 Å². The number of amides is 1. The van der Waals surface area contributed by atoms with Gasteiger partial charge in [0, 0.05) is 30.0 Å².